The Morgan fingerprint density at radius 2 is 1.77 bits per heavy atom. The van der Waals surface area contributed by atoms with Crippen molar-refractivity contribution in [3.63, 3.8) is 0 Å². The van der Waals surface area contributed by atoms with Crippen molar-refractivity contribution in [3.8, 4) is 16.8 Å². The van der Waals surface area contributed by atoms with Gasteiger partial charge >= 0.3 is 0 Å². The standard InChI is InChI=1S/C25H23N5O/c1-2-20-16-21(14-15-26-20)27-25(31)23-24(19-8-9-19)30(29-28-23)22-12-10-18(11-13-22)17-6-4-3-5-7-17/h3-7,10-16,19H,2,8-9H2,1H3,(H,26,27,31). The molecule has 0 spiro atoms. The molecule has 0 atom stereocenters. The number of aryl methyl sites for hydroxylation is 1. The molecule has 6 nitrogen and oxygen atoms in total. The number of benzene rings is 2. The molecule has 4 aromatic rings. The number of carbonyl (C=O) groups is 1. The molecule has 1 aliphatic carbocycles. The largest absolute Gasteiger partial charge is 0.320 e. The number of hydrogen-bond acceptors (Lipinski definition) is 4. The third-order valence-corrected chi connectivity index (χ3v) is 5.54. The number of nitrogens with zero attached hydrogens (tertiary/aromatic N) is 4. The lowest BCUT2D eigenvalue weighted by Crippen LogP contribution is -2.15. The highest BCUT2D eigenvalue weighted by molar-refractivity contribution is 6.03. The third kappa shape index (κ3) is 3.97. The molecule has 0 bridgehead atoms. The summed E-state index contributed by atoms with van der Waals surface area (Å²) in [4.78, 5) is 17.3. The minimum Gasteiger partial charge on any atom is -0.320 e. The minimum absolute atomic E-state index is 0.234. The highest BCUT2D eigenvalue weighted by Gasteiger charge is 2.34. The first-order valence-electron chi connectivity index (χ1n) is 10.6. The number of carbonyl (C=O) groups excluding carboxylic acids is 1. The number of aromatic nitrogens is 4. The second-order valence-electron chi connectivity index (χ2n) is 7.77. The van der Waals surface area contributed by atoms with E-state index < -0.39 is 0 Å². The smallest absolute Gasteiger partial charge is 0.278 e. The number of amides is 1. The SMILES string of the molecule is CCc1cc(NC(=O)c2nnn(-c3ccc(-c4ccccc4)cc3)c2C2CC2)ccn1. The van der Waals surface area contributed by atoms with Gasteiger partial charge < -0.3 is 5.32 Å². The molecule has 0 radical (unpaired) electrons. The van der Waals surface area contributed by atoms with Gasteiger partial charge in [-0.25, -0.2) is 4.68 Å². The van der Waals surface area contributed by atoms with Crippen LogP contribution in [0.2, 0.25) is 0 Å². The van der Waals surface area contributed by atoms with Gasteiger partial charge in [-0.15, -0.1) is 5.10 Å². The summed E-state index contributed by atoms with van der Waals surface area (Å²) in [5.41, 5.74) is 6.14. The maximum atomic E-state index is 13.0. The summed E-state index contributed by atoms with van der Waals surface area (Å²) in [7, 11) is 0. The summed E-state index contributed by atoms with van der Waals surface area (Å²) in [5, 5.41) is 11.6. The van der Waals surface area contributed by atoms with Crippen molar-refractivity contribution in [2.75, 3.05) is 5.32 Å². The molecule has 0 aliphatic heterocycles. The normalized spacial score (nSPS) is 13.2. The van der Waals surface area contributed by atoms with Gasteiger partial charge in [0.15, 0.2) is 5.69 Å². The predicted molar refractivity (Wildman–Crippen MR) is 120 cm³/mol. The number of hydrogen-bond donors (Lipinski definition) is 1. The van der Waals surface area contributed by atoms with Crippen molar-refractivity contribution in [1.29, 1.82) is 0 Å². The molecule has 1 fully saturated rings. The quantitative estimate of drug-likeness (QED) is 0.485. The average molecular weight is 409 g/mol. The number of rotatable bonds is 6. The topological polar surface area (TPSA) is 72.7 Å². The van der Waals surface area contributed by atoms with Gasteiger partial charge in [0.25, 0.3) is 5.91 Å². The first-order valence-corrected chi connectivity index (χ1v) is 10.6. The lowest BCUT2D eigenvalue weighted by Gasteiger charge is -2.09. The Bertz CT molecular complexity index is 1210. The van der Waals surface area contributed by atoms with Crippen LogP contribution in [0.25, 0.3) is 16.8 Å². The van der Waals surface area contributed by atoms with Gasteiger partial charge in [-0.1, -0.05) is 54.6 Å². The van der Waals surface area contributed by atoms with Crippen LogP contribution < -0.4 is 5.32 Å². The maximum Gasteiger partial charge on any atom is 0.278 e. The summed E-state index contributed by atoms with van der Waals surface area (Å²) in [5.74, 6) is 0.0792. The van der Waals surface area contributed by atoms with Crippen molar-refractivity contribution in [2.24, 2.45) is 0 Å². The van der Waals surface area contributed by atoms with E-state index in [1.807, 2.05) is 48.0 Å². The average Bonchev–Trinajstić information content (AvgIpc) is 3.57. The van der Waals surface area contributed by atoms with E-state index >= 15 is 0 Å². The molecule has 31 heavy (non-hydrogen) atoms. The molecule has 5 rings (SSSR count). The van der Waals surface area contributed by atoms with E-state index in [1.54, 1.807) is 12.3 Å². The monoisotopic (exact) mass is 409 g/mol. The molecular formula is C25H23N5O. The summed E-state index contributed by atoms with van der Waals surface area (Å²) in [6.45, 7) is 2.04. The zero-order valence-corrected chi connectivity index (χ0v) is 17.3. The van der Waals surface area contributed by atoms with E-state index in [9.17, 15) is 4.79 Å². The molecule has 2 aromatic heterocycles. The van der Waals surface area contributed by atoms with Crippen LogP contribution in [-0.2, 0) is 6.42 Å². The molecular weight excluding hydrogens is 386 g/mol. The van der Waals surface area contributed by atoms with Crippen molar-refractivity contribution in [3.05, 3.63) is 90.0 Å². The summed E-state index contributed by atoms with van der Waals surface area (Å²) < 4.78 is 1.81. The Balaban J connectivity index is 1.44. The van der Waals surface area contributed by atoms with Crippen LogP contribution in [0.5, 0.6) is 0 Å². The molecule has 6 heteroatoms. The van der Waals surface area contributed by atoms with Crippen molar-refractivity contribution in [1.82, 2.24) is 20.0 Å². The van der Waals surface area contributed by atoms with Gasteiger partial charge in [-0.3, -0.25) is 9.78 Å². The fourth-order valence-electron chi connectivity index (χ4n) is 3.73. The lowest BCUT2D eigenvalue weighted by molar-refractivity contribution is 0.102. The number of nitrogens with one attached hydrogen (secondary N) is 1. The molecule has 1 N–H and O–H groups in total. The van der Waals surface area contributed by atoms with E-state index in [2.05, 4.69) is 44.9 Å². The van der Waals surface area contributed by atoms with E-state index in [0.29, 0.717) is 11.6 Å². The molecule has 0 saturated heterocycles. The highest BCUT2D eigenvalue weighted by atomic mass is 16.2. The Labute approximate surface area is 181 Å². The molecule has 1 amide bonds. The zero-order chi connectivity index (χ0) is 21.2. The van der Waals surface area contributed by atoms with Crippen LogP contribution in [0.15, 0.2) is 72.9 Å². The second kappa shape index (κ2) is 8.14. The van der Waals surface area contributed by atoms with E-state index in [0.717, 1.165) is 47.6 Å². The predicted octanol–water partition coefficient (Wildman–Crippen LogP) is 5.02. The number of anilines is 1. The second-order valence-corrected chi connectivity index (χ2v) is 7.77. The van der Waals surface area contributed by atoms with Gasteiger partial charge in [-0.05, 0) is 54.7 Å². The van der Waals surface area contributed by atoms with Crippen molar-refractivity contribution in [2.45, 2.75) is 32.1 Å². The molecule has 2 heterocycles. The Morgan fingerprint density at radius 3 is 2.48 bits per heavy atom. The van der Waals surface area contributed by atoms with Gasteiger partial charge in [0.1, 0.15) is 0 Å². The van der Waals surface area contributed by atoms with Gasteiger partial charge in [0, 0.05) is 23.5 Å². The van der Waals surface area contributed by atoms with Crippen LogP contribution in [0.1, 0.15) is 47.6 Å². The molecule has 0 unspecified atom stereocenters. The van der Waals surface area contributed by atoms with Crippen LogP contribution in [0, 0.1) is 0 Å². The van der Waals surface area contributed by atoms with Gasteiger partial charge in [-0.2, -0.15) is 0 Å². The van der Waals surface area contributed by atoms with Gasteiger partial charge in [0.05, 0.1) is 11.4 Å². The first kappa shape index (κ1) is 19.2. The first-order chi connectivity index (χ1) is 15.2. The molecule has 1 aliphatic rings. The summed E-state index contributed by atoms with van der Waals surface area (Å²) in [6, 6.07) is 22.1. The number of pyridine rings is 1. The van der Waals surface area contributed by atoms with Crippen LogP contribution in [-0.4, -0.2) is 25.9 Å². The third-order valence-electron chi connectivity index (χ3n) is 5.54. The summed E-state index contributed by atoms with van der Waals surface area (Å²) >= 11 is 0. The van der Waals surface area contributed by atoms with Crippen LogP contribution in [0.3, 0.4) is 0 Å². The van der Waals surface area contributed by atoms with Crippen LogP contribution in [0.4, 0.5) is 5.69 Å². The molecule has 1 saturated carbocycles. The van der Waals surface area contributed by atoms with E-state index in [1.165, 1.54) is 5.56 Å². The Kier molecular flexibility index (Phi) is 5.04. The van der Waals surface area contributed by atoms with Gasteiger partial charge in [0.2, 0.25) is 0 Å². The Morgan fingerprint density at radius 1 is 1.03 bits per heavy atom. The maximum absolute atomic E-state index is 13.0. The highest BCUT2D eigenvalue weighted by Crippen LogP contribution is 2.42. The zero-order valence-electron chi connectivity index (χ0n) is 17.3. The van der Waals surface area contributed by atoms with E-state index in [4.69, 9.17) is 0 Å². The lowest BCUT2D eigenvalue weighted by atomic mass is 10.1. The van der Waals surface area contributed by atoms with Crippen LogP contribution >= 0.6 is 0 Å². The van der Waals surface area contributed by atoms with Crippen molar-refractivity contribution >= 4 is 11.6 Å². The fourth-order valence-corrected chi connectivity index (χ4v) is 3.73. The molecule has 154 valence electrons. The minimum atomic E-state index is -0.234. The molecule has 2 aromatic carbocycles. The fraction of sp³-hybridized carbons (Fsp3) is 0.200. The van der Waals surface area contributed by atoms with E-state index in [-0.39, 0.29) is 5.91 Å². The summed E-state index contributed by atoms with van der Waals surface area (Å²) in [6.07, 6.45) is 4.61. The van der Waals surface area contributed by atoms with Crippen molar-refractivity contribution < 1.29 is 4.79 Å². The Hall–Kier alpha value is -3.80.